The molecule has 0 saturated carbocycles. The topological polar surface area (TPSA) is 44.5 Å². The van der Waals surface area contributed by atoms with Crippen LogP contribution in [-0.2, 0) is 0 Å². The molecule has 2 aromatic rings. The van der Waals surface area contributed by atoms with Gasteiger partial charge in [0.05, 0.1) is 13.7 Å². The van der Waals surface area contributed by atoms with Crippen LogP contribution in [0.5, 0.6) is 11.5 Å². The smallest absolute Gasteiger partial charge is 0.119 e. The van der Waals surface area contributed by atoms with Crippen LogP contribution in [0.4, 0.5) is 5.69 Å². The zero-order valence-electron chi connectivity index (χ0n) is 10.8. The van der Waals surface area contributed by atoms with E-state index in [0.29, 0.717) is 6.61 Å². The van der Waals surface area contributed by atoms with Crippen molar-refractivity contribution in [2.75, 3.05) is 25.2 Å². The third-order valence-electron chi connectivity index (χ3n) is 2.56. The van der Waals surface area contributed by atoms with Crippen LogP contribution in [0.15, 0.2) is 53.4 Å². The van der Waals surface area contributed by atoms with Gasteiger partial charge in [-0.1, -0.05) is 0 Å². The molecule has 0 fully saturated rings. The van der Waals surface area contributed by atoms with E-state index in [2.05, 4.69) is 0 Å². The van der Waals surface area contributed by atoms with Gasteiger partial charge in [0.2, 0.25) is 0 Å². The fraction of sp³-hybridized carbons (Fsp3) is 0.200. The number of rotatable bonds is 6. The van der Waals surface area contributed by atoms with Crippen LogP contribution >= 0.6 is 11.8 Å². The summed E-state index contributed by atoms with van der Waals surface area (Å²) in [6, 6.07) is 15.5. The van der Waals surface area contributed by atoms with E-state index in [1.807, 2.05) is 48.5 Å². The van der Waals surface area contributed by atoms with Gasteiger partial charge in [-0.25, -0.2) is 0 Å². The number of nitrogen functional groups attached to an aromatic ring is 1. The monoisotopic (exact) mass is 275 g/mol. The largest absolute Gasteiger partial charge is 0.497 e. The van der Waals surface area contributed by atoms with Gasteiger partial charge in [0.1, 0.15) is 11.5 Å². The Bertz CT molecular complexity index is 497. The second kappa shape index (κ2) is 6.95. The molecule has 0 bridgehead atoms. The molecular weight excluding hydrogens is 258 g/mol. The van der Waals surface area contributed by atoms with Crippen molar-refractivity contribution in [1.82, 2.24) is 0 Å². The quantitative estimate of drug-likeness (QED) is 0.498. The van der Waals surface area contributed by atoms with Crippen molar-refractivity contribution in [2.45, 2.75) is 4.90 Å². The van der Waals surface area contributed by atoms with Crippen LogP contribution in [0.25, 0.3) is 0 Å². The summed E-state index contributed by atoms with van der Waals surface area (Å²) in [4.78, 5) is 1.20. The molecule has 100 valence electrons. The van der Waals surface area contributed by atoms with Gasteiger partial charge in [-0.15, -0.1) is 11.8 Å². The standard InChI is InChI=1S/C15H17NO2S/c1-17-13-4-6-14(7-5-13)18-10-11-19-15-8-2-12(16)3-9-15/h2-9H,10-11,16H2,1H3. The summed E-state index contributed by atoms with van der Waals surface area (Å²) in [5.41, 5.74) is 6.43. The maximum absolute atomic E-state index is 5.65. The van der Waals surface area contributed by atoms with Crippen molar-refractivity contribution >= 4 is 17.4 Å². The molecule has 3 nitrogen and oxygen atoms in total. The molecule has 4 heteroatoms. The maximum Gasteiger partial charge on any atom is 0.119 e. The lowest BCUT2D eigenvalue weighted by atomic mass is 10.3. The molecule has 2 N–H and O–H groups in total. The van der Waals surface area contributed by atoms with E-state index in [1.165, 1.54) is 4.90 Å². The first-order valence-corrected chi connectivity index (χ1v) is 7.01. The van der Waals surface area contributed by atoms with Crippen molar-refractivity contribution in [3.8, 4) is 11.5 Å². The summed E-state index contributed by atoms with van der Waals surface area (Å²) >= 11 is 1.75. The minimum atomic E-state index is 0.668. The summed E-state index contributed by atoms with van der Waals surface area (Å²) in [6.45, 7) is 0.668. The van der Waals surface area contributed by atoms with Crippen LogP contribution < -0.4 is 15.2 Å². The molecule has 0 atom stereocenters. The molecule has 0 unspecified atom stereocenters. The van der Waals surface area contributed by atoms with Crippen molar-refractivity contribution < 1.29 is 9.47 Å². The molecule has 0 heterocycles. The Morgan fingerprint density at radius 1 is 0.947 bits per heavy atom. The molecule has 2 aromatic carbocycles. The second-order valence-corrected chi connectivity index (χ2v) is 5.11. The Morgan fingerprint density at radius 2 is 1.58 bits per heavy atom. The molecule has 0 radical (unpaired) electrons. The van der Waals surface area contributed by atoms with Crippen LogP contribution in [0.2, 0.25) is 0 Å². The third kappa shape index (κ3) is 4.41. The first-order chi connectivity index (χ1) is 9.28. The van der Waals surface area contributed by atoms with E-state index in [0.717, 1.165) is 22.9 Å². The van der Waals surface area contributed by atoms with Crippen molar-refractivity contribution in [2.24, 2.45) is 0 Å². The number of methoxy groups -OCH3 is 1. The first-order valence-electron chi connectivity index (χ1n) is 6.03. The average Bonchev–Trinajstić information content (AvgIpc) is 2.46. The predicted octanol–water partition coefficient (Wildman–Crippen LogP) is 3.45. The summed E-state index contributed by atoms with van der Waals surface area (Å²) in [5, 5.41) is 0. The molecule has 0 spiro atoms. The molecule has 2 rings (SSSR count). The van der Waals surface area contributed by atoms with Crippen LogP contribution in [-0.4, -0.2) is 19.5 Å². The van der Waals surface area contributed by atoms with Crippen LogP contribution in [0, 0.1) is 0 Å². The van der Waals surface area contributed by atoms with Gasteiger partial charge in [0.25, 0.3) is 0 Å². The van der Waals surface area contributed by atoms with Gasteiger partial charge in [-0.2, -0.15) is 0 Å². The number of hydrogen-bond acceptors (Lipinski definition) is 4. The molecule has 0 amide bonds. The number of thioether (sulfide) groups is 1. The summed E-state index contributed by atoms with van der Waals surface area (Å²) < 4.78 is 10.7. The van der Waals surface area contributed by atoms with Crippen LogP contribution in [0.3, 0.4) is 0 Å². The Balaban J connectivity index is 1.72. The van der Waals surface area contributed by atoms with E-state index < -0.39 is 0 Å². The second-order valence-electron chi connectivity index (χ2n) is 3.94. The van der Waals surface area contributed by atoms with E-state index in [9.17, 15) is 0 Å². The Hall–Kier alpha value is -1.81. The van der Waals surface area contributed by atoms with Gasteiger partial charge in [0.15, 0.2) is 0 Å². The zero-order valence-corrected chi connectivity index (χ0v) is 11.7. The average molecular weight is 275 g/mol. The summed E-state index contributed by atoms with van der Waals surface area (Å²) in [6.07, 6.45) is 0. The SMILES string of the molecule is COc1ccc(OCCSc2ccc(N)cc2)cc1. The van der Waals surface area contributed by atoms with Gasteiger partial charge in [-0.05, 0) is 48.5 Å². The van der Waals surface area contributed by atoms with Crippen molar-refractivity contribution in [1.29, 1.82) is 0 Å². The van der Waals surface area contributed by atoms with Crippen molar-refractivity contribution in [3.05, 3.63) is 48.5 Å². The highest BCUT2D eigenvalue weighted by molar-refractivity contribution is 7.99. The fourth-order valence-electron chi connectivity index (χ4n) is 1.56. The molecule has 0 aliphatic rings. The Labute approximate surface area is 117 Å². The first kappa shape index (κ1) is 13.6. The number of ether oxygens (including phenoxy) is 2. The highest BCUT2D eigenvalue weighted by Gasteiger charge is 1.97. The number of nitrogens with two attached hydrogens (primary N) is 1. The highest BCUT2D eigenvalue weighted by Crippen LogP contribution is 2.20. The zero-order chi connectivity index (χ0) is 13.5. The van der Waals surface area contributed by atoms with E-state index in [4.69, 9.17) is 15.2 Å². The van der Waals surface area contributed by atoms with E-state index in [-0.39, 0.29) is 0 Å². The highest BCUT2D eigenvalue weighted by atomic mass is 32.2. The van der Waals surface area contributed by atoms with Gasteiger partial charge in [0, 0.05) is 16.3 Å². The molecular formula is C15H17NO2S. The Morgan fingerprint density at radius 3 is 2.21 bits per heavy atom. The van der Waals surface area contributed by atoms with Crippen molar-refractivity contribution in [3.63, 3.8) is 0 Å². The predicted molar refractivity (Wildman–Crippen MR) is 80.1 cm³/mol. The molecule has 0 aliphatic heterocycles. The molecule has 19 heavy (non-hydrogen) atoms. The normalized spacial score (nSPS) is 10.2. The minimum absolute atomic E-state index is 0.668. The number of hydrogen-bond donors (Lipinski definition) is 1. The van der Waals surface area contributed by atoms with Gasteiger partial charge >= 0.3 is 0 Å². The third-order valence-corrected chi connectivity index (χ3v) is 3.54. The maximum atomic E-state index is 5.65. The lowest BCUT2D eigenvalue weighted by Crippen LogP contribution is -1.99. The number of anilines is 1. The summed E-state index contributed by atoms with van der Waals surface area (Å²) in [5.74, 6) is 2.60. The van der Waals surface area contributed by atoms with Gasteiger partial charge in [-0.3, -0.25) is 0 Å². The lowest BCUT2D eigenvalue weighted by Gasteiger charge is -2.07. The van der Waals surface area contributed by atoms with E-state index in [1.54, 1.807) is 18.9 Å². The molecule has 0 aliphatic carbocycles. The summed E-state index contributed by atoms with van der Waals surface area (Å²) in [7, 11) is 1.65. The minimum Gasteiger partial charge on any atom is -0.497 e. The molecule has 0 saturated heterocycles. The fourth-order valence-corrected chi connectivity index (χ4v) is 2.29. The Kier molecular flexibility index (Phi) is 4.98. The molecule has 0 aromatic heterocycles. The van der Waals surface area contributed by atoms with E-state index >= 15 is 0 Å². The van der Waals surface area contributed by atoms with Gasteiger partial charge < -0.3 is 15.2 Å². The van der Waals surface area contributed by atoms with Crippen LogP contribution in [0.1, 0.15) is 0 Å². The number of benzene rings is 2. The lowest BCUT2D eigenvalue weighted by molar-refractivity contribution is 0.342.